The minimum Gasteiger partial charge on any atom is -0.477 e. The standard InChI is InChI=1S/C26H22FN3O4/c27-22-3-1-2-20-24(22)30(16-21(25(20)31)26(32)33)15-17-4-6-18(7-5-17)19-8-9-23(28-14-19)29-10-12-34-13-11-29/h1-9,14,16H,10-13,15H2,(H,32,33). The van der Waals surface area contributed by atoms with Crippen LogP contribution in [0.5, 0.6) is 0 Å². The number of halogens is 1. The van der Waals surface area contributed by atoms with E-state index in [0.717, 1.165) is 35.6 Å². The number of ether oxygens (including phenoxy) is 1. The normalized spacial score (nSPS) is 13.9. The molecule has 1 N–H and O–H groups in total. The smallest absolute Gasteiger partial charge is 0.341 e. The zero-order valence-corrected chi connectivity index (χ0v) is 18.3. The molecule has 0 saturated carbocycles. The van der Waals surface area contributed by atoms with Gasteiger partial charge in [0.1, 0.15) is 17.2 Å². The van der Waals surface area contributed by atoms with E-state index in [1.54, 1.807) is 0 Å². The Hall–Kier alpha value is -4.04. The molecule has 172 valence electrons. The molecule has 0 radical (unpaired) electrons. The molecule has 34 heavy (non-hydrogen) atoms. The minimum atomic E-state index is -1.34. The minimum absolute atomic E-state index is 0.0444. The molecule has 0 spiro atoms. The van der Waals surface area contributed by atoms with Crippen LogP contribution >= 0.6 is 0 Å². The van der Waals surface area contributed by atoms with Gasteiger partial charge in [0.2, 0.25) is 5.43 Å². The number of carbonyl (C=O) groups is 1. The first-order valence-corrected chi connectivity index (χ1v) is 10.9. The Morgan fingerprint density at radius 1 is 1.03 bits per heavy atom. The topological polar surface area (TPSA) is 84.7 Å². The average Bonchev–Trinajstić information content (AvgIpc) is 2.87. The van der Waals surface area contributed by atoms with E-state index in [1.165, 1.54) is 29.0 Å². The predicted octanol–water partition coefficient (Wildman–Crippen LogP) is 3.79. The Morgan fingerprint density at radius 3 is 2.44 bits per heavy atom. The number of anilines is 1. The molecule has 0 bridgehead atoms. The number of hydrogen-bond acceptors (Lipinski definition) is 5. The molecule has 3 heterocycles. The molecule has 1 aliphatic heterocycles. The molecule has 0 atom stereocenters. The lowest BCUT2D eigenvalue weighted by Gasteiger charge is -2.27. The van der Waals surface area contributed by atoms with E-state index in [-0.39, 0.29) is 23.0 Å². The van der Waals surface area contributed by atoms with Crippen LogP contribution < -0.4 is 10.3 Å². The first-order valence-electron chi connectivity index (χ1n) is 10.9. The van der Waals surface area contributed by atoms with Crippen LogP contribution in [0.2, 0.25) is 0 Å². The predicted molar refractivity (Wildman–Crippen MR) is 127 cm³/mol. The summed E-state index contributed by atoms with van der Waals surface area (Å²) in [6.07, 6.45) is 3.04. The first-order chi connectivity index (χ1) is 16.5. The van der Waals surface area contributed by atoms with E-state index in [1.807, 2.05) is 42.6 Å². The highest BCUT2D eigenvalue weighted by molar-refractivity contribution is 5.92. The van der Waals surface area contributed by atoms with Crippen LogP contribution in [0.1, 0.15) is 15.9 Å². The van der Waals surface area contributed by atoms with Crippen LogP contribution in [0.4, 0.5) is 10.2 Å². The highest BCUT2D eigenvalue weighted by Crippen LogP contribution is 2.23. The maximum atomic E-state index is 14.6. The van der Waals surface area contributed by atoms with Gasteiger partial charge in [-0.05, 0) is 35.4 Å². The largest absolute Gasteiger partial charge is 0.477 e. The molecule has 0 amide bonds. The molecule has 7 nitrogen and oxygen atoms in total. The number of morpholine rings is 1. The SMILES string of the molecule is O=C(O)c1cn(Cc2ccc(-c3ccc(N4CCOCC4)nc3)cc2)c2c(F)cccc2c1=O. The number of fused-ring (bicyclic) bond motifs is 1. The van der Waals surface area contributed by atoms with Crippen molar-refractivity contribution >= 4 is 22.7 Å². The molecule has 0 unspecified atom stereocenters. The highest BCUT2D eigenvalue weighted by atomic mass is 19.1. The zero-order chi connectivity index (χ0) is 23.7. The fourth-order valence-electron chi connectivity index (χ4n) is 4.23. The number of aromatic nitrogens is 2. The van der Waals surface area contributed by atoms with Crippen LogP contribution in [0.25, 0.3) is 22.0 Å². The fourth-order valence-corrected chi connectivity index (χ4v) is 4.23. The number of nitrogens with zero attached hydrogens (tertiary/aromatic N) is 3. The van der Waals surface area contributed by atoms with Crippen molar-refractivity contribution in [3.05, 3.63) is 94.2 Å². The summed E-state index contributed by atoms with van der Waals surface area (Å²) in [5.74, 6) is -0.993. The second-order valence-electron chi connectivity index (χ2n) is 8.14. The van der Waals surface area contributed by atoms with Gasteiger partial charge in [-0.15, -0.1) is 0 Å². The molecular formula is C26H22FN3O4. The van der Waals surface area contributed by atoms with E-state index in [4.69, 9.17) is 4.74 Å². The monoisotopic (exact) mass is 459 g/mol. The van der Waals surface area contributed by atoms with Crippen molar-refractivity contribution in [3.8, 4) is 11.1 Å². The van der Waals surface area contributed by atoms with Gasteiger partial charge in [0.15, 0.2) is 0 Å². The van der Waals surface area contributed by atoms with Gasteiger partial charge in [-0.1, -0.05) is 30.3 Å². The second-order valence-corrected chi connectivity index (χ2v) is 8.14. The third-order valence-corrected chi connectivity index (χ3v) is 6.00. The molecule has 8 heteroatoms. The van der Waals surface area contributed by atoms with E-state index in [9.17, 15) is 19.1 Å². The van der Waals surface area contributed by atoms with Crippen LogP contribution in [0.3, 0.4) is 0 Å². The zero-order valence-electron chi connectivity index (χ0n) is 18.3. The van der Waals surface area contributed by atoms with Crippen molar-refractivity contribution < 1.29 is 19.0 Å². The van der Waals surface area contributed by atoms with Crippen molar-refractivity contribution in [2.24, 2.45) is 0 Å². The van der Waals surface area contributed by atoms with Crippen molar-refractivity contribution in [2.45, 2.75) is 6.54 Å². The van der Waals surface area contributed by atoms with Gasteiger partial charge in [0.05, 0.1) is 18.7 Å². The molecule has 2 aromatic carbocycles. The van der Waals surface area contributed by atoms with Crippen LogP contribution in [0.15, 0.2) is 71.8 Å². The summed E-state index contributed by atoms with van der Waals surface area (Å²) in [4.78, 5) is 30.8. The third kappa shape index (κ3) is 4.15. The Bertz CT molecular complexity index is 1410. The summed E-state index contributed by atoms with van der Waals surface area (Å²) in [7, 11) is 0. The number of aromatic carboxylic acids is 1. The van der Waals surface area contributed by atoms with Crippen LogP contribution in [-0.2, 0) is 11.3 Å². The number of benzene rings is 2. The lowest BCUT2D eigenvalue weighted by atomic mass is 10.0. The number of para-hydroxylation sites is 1. The van der Waals surface area contributed by atoms with Crippen molar-refractivity contribution in [1.82, 2.24) is 9.55 Å². The van der Waals surface area contributed by atoms with Crippen molar-refractivity contribution in [2.75, 3.05) is 31.2 Å². The van der Waals surface area contributed by atoms with Gasteiger partial charge in [-0.3, -0.25) is 4.79 Å². The van der Waals surface area contributed by atoms with Crippen LogP contribution in [0, 0.1) is 5.82 Å². The molecule has 0 aliphatic carbocycles. The molecule has 1 aliphatic rings. The lowest BCUT2D eigenvalue weighted by Crippen LogP contribution is -2.36. The van der Waals surface area contributed by atoms with Crippen molar-refractivity contribution in [1.29, 1.82) is 0 Å². The summed E-state index contributed by atoms with van der Waals surface area (Å²) in [6, 6.07) is 15.8. The number of rotatable bonds is 5. The molecule has 2 aromatic heterocycles. The summed E-state index contributed by atoms with van der Waals surface area (Å²) in [6.45, 7) is 3.27. The molecule has 1 saturated heterocycles. The third-order valence-electron chi connectivity index (χ3n) is 6.00. The Morgan fingerprint density at radius 2 is 1.76 bits per heavy atom. The number of carboxylic acids is 1. The second kappa shape index (κ2) is 9.07. The summed E-state index contributed by atoms with van der Waals surface area (Å²) < 4.78 is 21.5. The Labute approximate surface area is 194 Å². The maximum Gasteiger partial charge on any atom is 0.341 e. The quantitative estimate of drug-likeness (QED) is 0.489. The highest BCUT2D eigenvalue weighted by Gasteiger charge is 2.17. The Balaban J connectivity index is 1.42. The van der Waals surface area contributed by atoms with Gasteiger partial charge in [-0.25, -0.2) is 14.2 Å². The number of carboxylic acid groups (broad SMARTS) is 1. The number of pyridine rings is 2. The lowest BCUT2D eigenvalue weighted by molar-refractivity contribution is 0.0695. The van der Waals surface area contributed by atoms with Gasteiger partial charge >= 0.3 is 5.97 Å². The van der Waals surface area contributed by atoms with Gasteiger partial charge in [-0.2, -0.15) is 0 Å². The molecule has 4 aromatic rings. The average molecular weight is 459 g/mol. The van der Waals surface area contributed by atoms with E-state index < -0.39 is 17.2 Å². The summed E-state index contributed by atoms with van der Waals surface area (Å²) >= 11 is 0. The molecule has 1 fully saturated rings. The van der Waals surface area contributed by atoms with E-state index in [2.05, 4.69) is 9.88 Å². The van der Waals surface area contributed by atoms with Gasteiger partial charge < -0.3 is 19.3 Å². The first kappa shape index (κ1) is 21.8. The Kier molecular flexibility index (Phi) is 5.81. The number of hydrogen-bond donors (Lipinski definition) is 1. The van der Waals surface area contributed by atoms with Crippen molar-refractivity contribution in [3.63, 3.8) is 0 Å². The summed E-state index contributed by atoms with van der Waals surface area (Å²) in [5.41, 5.74) is 1.79. The molecule has 5 rings (SSSR count). The molecular weight excluding hydrogens is 437 g/mol. The van der Waals surface area contributed by atoms with E-state index >= 15 is 0 Å². The van der Waals surface area contributed by atoms with Gasteiger partial charge in [0, 0.05) is 43.0 Å². The fraction of sp³-hybridized carbons (Fsp3) is 0.192. The van der Waals surface area contributed by atoms with Gasteiger partial charge in [0.25, 0.3) is 0 Å². The maximum absolute atomic E-state index is 14.6. The van der Waals surface area contributed by atoms with Crippen LogP contribution in [-0.4, -0.2) is 46.9 Å². The van der Waals surface area contributed by atoms with E-state index in [0.29, 0.717) is 13.2 Å². The summed E-state index contributed by atoms with van der Waals surface area (Å²) in [5, 5.41) is 9.47.